The SMILES string of the molecule is CC(C)OCCN1c2ccn(Cl)c2C(=O)NC1S. The van der Waals surface area contributed by atoms with Gasteiger partial charge in [-0.05, 0) is 19.9 Å². The molecule has 0 saturated heterocycles. The topological polar surface area (TPSA) is 46.5 Å². The summed E-state index contributed by atoms with van der Waals surface area (Å²) in [6, 6.07) is 1.81. The van der Waals surface area contributed by atoms with Crippen LogP contribution < -0.4 is 10.2 Å². The van der Waals surface area contributed by atoms with Crippen LogP contribution in [0.4, 0.5) is 5.69 Å². The van der Waals surface area contributed by atoms with Gasteiger partial charge in [0.25, 0.3) is 5.91 Å². The molecular formula is C11H16ClN3O2S. The fourth-order valence-electron chi connectivity index (χ4n) is 1.87. The molecule has 2 heterocycles. The summed E-state index contributed by atoms with van der Waals surface area (Å²) in [6.07, 6.45) is 1.83. The summed E-state index contributed by atoms with van der Waals surface area (Å²) < 4.78 is 6.81. The molecule has 1 N–H and O–H groups in total. The highest BCUT2D eigenvalue weighted by Crippen LogP contribution is 2.29. The molecule has 0 bridgehead atoms. The van der Waals surface area contributed by atoms with Gasteiger partial charge in [-0.3, -0.25) is 8.88 Å². The second-order valence-corrected chi connectivity index (χ2v) is 5.17. The number of thiol groups is 1. The van der Waals surface area contributed by atoms with Gasteiger partial charge in [0.2, 0.25) is 0 Å². The van der Waals surface area contributed by atoms with E-state index in [1.807, 2.05) is 18.7 Å². The van der Waals surface area contributed by atoms with Crippen LogP contribution in [0.25, 0.3) is 0 Å². The van der Waals surface area contributed by atoms with Gasteiger partial charge in [0, 0.05) is 24.5 Å². The molecule has 0 radical (unpaired) electrons. The van der Waals surface area contributed by atoms with E-state index in [1.54, 1.807) is 12.3 Å². The third-order valence-electron chi connectivity index (χ3n) is 2.68. The summed E-state index contributed by atoms with van der Waals surface area (Å²) in [5.74, 6) is -0.217. The molecule has 5 nitrogen and oxygen atoms in total. The van der Waals surface area contributed by atoms with Crippen molar-refractivity contribution in [3.8, 4) is 0 Å². The number of amides is 1. The zero-order chi connectivity index (χ0) is 13.3. The van der Waals surface area contributed by atoms with Crippen molar-refractivity contribution < 1.29 is 9.53 Å². The van der Waals surface area contributed by atoms with Gasteiger partial charge in [0.05, 0.1) is 18.4 Å². The van der Waals surface area contributed by atoms with Crippen molar-refractivity contribution in [2.24, 2.45) is 0 Å². The number of halogens is 1. The van der Waals surface area contributed by atoms with E-state index in [0.717, 1.165) is 5.69 Å². The lowest BCUT2D eigenvalue weighted by molar-refractivity contribution is 0.0817. The third kappa shape index (κ3) is 2.60. The van der Waals surface area contributed by atoms with Crippen LogP contribution in [0.15, 0.2) is 12.3 Å². The van der Waals surface area contributed by atoms with E-state index >= 15 is 0 Å². The molecule has 1 aromatic heterocycles. The third-order valence-corrected chi connectivity index (χ3v) is 3.37. The minimum Gasteiger partial charge on any atom is -0.377 e. The summed E-state index contributed by atoms with van der Waals surface area (Å²) in [5.41, 5.74) is 0.854. The number of carbonyl (C=O) groups excluding carboxylic acids is 1. The van der Waals surface area contributed by atoms with Gasteiger partial charge in [0.1, 0.15) is 11.2 Å². The molecule has 0 aliphatic carbocycles. The summed E-state index contributed by atoms with van der Waals surface area (Å²) >= 11 is 10.3. The quantitative estimate of drug-likeness (QED) is 0.829. The van der Waals surface area contributed by atoms with Gasteiger partial charge in [-0.1, -0.05) is 0 Å². The molecule has 1 amide bonds. The summed E-state index contributed by atoms with van der Waals surface area (Å²) in [7, 11) is 0. The van der Waals surface area contributed by atoms with Crippen molar-refractivity contribution in [2.45, 2.75) is 25.4 Å². The maximum atomic E-state index is 11.8. The highest BCUT2D eigenvalue weighted by molar-refractivity contribution is 7.81. The Morgan fingerprint density at radius 2 is 2.33 bits per heavy atom. The van der Waals surface area contributed by atoms with Crippen molar-refractivity contribution in [2.75, 3.05) is 18.1 Å². The summed E-state index contributed by atoms with van der Waals surface area (Å²) in [6.45, 7) is 5.17. The van der Waals surface area contributed by atoms with E-state index in [4.69, 9.17) is 16.5 Å². The number of carbonyl (C=O) groups is 1. The van der Waals surface area contributed by atoms with Crippen LogP contribution in [-0.2, 0) is 4.74 Å². The van der Waals surface area contributed by atoms with Gasteiger partial charge < -0.3 is 15.0 Å². The molecule has 1 atom stereocenters. The molecule has 1 aromatic rings. The van der Waals surface area contributed by atoms with E-state index in [1.165, 1.54) is 4.09 Å². The standard InChI is InChI=1S/C11H16ClN3O2S/c1-7(2)17-6-5-14-8-3-4-15(12)9(8)10(16)13-11(14)18/h3-4,7,11,18H,5-6H2,1-2H3,(H,13,16). The average Bonchev–Trinajstić information content (AvgIpc) is 2.65. The van der Waals surface area contributed by atoms with E-state index in [-0.39, 0.29) is 17.5 Å². The lowest BCUT2D eigenvalue weighted by Gasteiger charge is -2.34. The molecule has 100 valence electrons. The van der Waals surface area contributed by atoms with Gasteiger partial charge in [-0.15, -0.1) is 12.6 Å². The Morgan fingerprint density at radius 1 is 1.61 bits per heavy atom. The number of hydrogen-bond donors (Lipinski definition) is 2. The zero-order valence-corrected chi connectivity index (χ0v) is 11.9. The van der Waals surface area contributed by atoms with Gasteiger partial charge in [-0.25, -0.2) is 0 Å². The molecule has 0 spiro atoms. The number of anilines is 1. The highest BCUT2D eigenvalue weighted by Gasteiger charge is 2.31. The Morgan fingerprint density at radius 3 is 3.00 bits per heavy atom. The largest absolute Gasteiger partial charge is 0.377 e. The molecule has 18 heavy (non-hydrogen) atoms. The van der Waals surface area contributed by atoms with Crippen LogP contribution in [0.1, 0.15) is 24.3 Å². The second kappa shape index (κ2) is 5.42. The minimum absolute atomic E-state index is 0.180. The Bertz CT molecular complexity index is 449. The van der Waals surface area contributed by atoms with Crippen LogP contribution in [0.3, 0.4) is 0 Å². The van der Waals surface area contributed by atoms with E-state index in [0.29, 0.717) is 18.8 Å². The van der Waals surface area contributed by atoms with Crippen LogP contribution in [0.2, 0.25) is 0 Å². The van der Waals surface area contributed by atoms with Crippen LogP contribution in [0, 0.1) is 0 Å². The van der Waals surface area contributed by atoms with Gasteiger partial charge >= 0.3 is 0 Å². The smallest absolute Gasteiger partial charge is 0.273 e. The first-order chi connectivity index (χ1) is 8.50. The van der Waals surface area contributed by atoms with Crippen molar-refractivity contribution >= 4 is 36.0 Å². The fraction of sp³-hybridized carbons (Fsp3) is 0.545. The predicted octanol–water partition coefficient (Wildman–Crippen LogP) is 1.68. The number of nitrogens with one attached hydrogen (secondary N) is 1. The number of hydrogen-bond acceptors (Lipinski definition) is 4. The lowest BCUT2D eigenvalue weighted by Crippen LogP contribution is -2.51. The molecule has 0 fully saturated rings. The number of aromatic nitrogens is 1. The van der Waals surface area contributed by atoms with Crippen molar-refractivity contribution in [1.82, 2.24) is 9.40 Å². The maximum absolute atomic E-state index is 11.8. The number of nitrogens with zero attached hydrogens (tertiary/aromatic N) is 2. The van der Waals surface area contributed by atoms with E-state index in [9.17, 15) is 4.79 Å². The van der Waals surface area contributed by atoms with Crippen LogP contribution >= 0.6 is 24.4 Å². The normalized spacial score (nSPS) is 19.1. The summed E-state index contributed by atoms with van der Waals surface area (Å²) in [4.78, 5) is 13.7. The lowest BCUT2D eigenvalue weighted by atomic mass is 10.2. The van der Waals surface area contributed by atoms with Gasteiger partial charge in [0.15, 0.2) is 0 Å². The van der Waals surface area contributed by atoms with Crippen molar-refractivity contribution in [1.29, 1.82) is 0 Å². The Balaban J connectivity index is 2.14. The maximum Gasteiger partial charge on any atom is 0.273 e. The predicted molar refractivity (Wildman–Crippen MR) is 74.4 cm³/mol. The summed E-state index contributed by atoms with van der Waals surface area (Å²) in [5, 5.41) is 2.74. The Kier molecular flexibility index (Phi) is 4.09. The second-order valence-electron chi connectivity index (χ2n) is 4.32. The zero-order valence-electron chi connectivity index (χ0n) is 10.3. The Labute approximate surface area is 117 Å². The Hall–Kier alpha value is -0.850. The molecule has 1 aliphatic heterocycles. The molecule has 7 heteroatoms. The number of ether oxygens (including phenoxy) is 1. The van der Waals surface area contributed by atoms with Crippen LogP contribution in [-0.4, -0.2) is 34.7 Å². The minimum atomic E-state index is -0.361. The van der Waals surface area contributed by atoms with Crippen LogP contribution in [0.5, 0.6) is 0 Å². The molecule has 1 aliphatic rings. The van der Waals surface area contributed by atoms with Crippen molar-refractivity contribution in [3.05, 3.63) is 18.0 Å². The highest BCUT2D eigenvalue weighted by atomic mass is 35.5. The van der Waals surface area contributed by atoms with Gasteiger partial charge in [-0.2, -0.15) is 0 Å². The monoisotopic (exact) mass is 289 g/mol. The first-order valence-corrected chi connectivity index (χ1v) is 6.61. The molecule has 0 aromatic carbocycles. The first-order valence-electron chi connectivity index (χ1n) is 5.75. The average molecular weight is 290 g/mol. The van der Waals surface area contributed by atoms with E-state index in [2.05, 4.69) is 17.9 Å². The fourth-order valence-corrected chi connectivity index (χ4v) is 2.45. The molecule has 2 rings (SSSR count). The number of rotatable bonds is 4. The molecular weight excluding hydrogens is 274 g/mol. The molecule has 0 saturated carbocycles. The first kappa shape index (κ1) is 13.6. The number of fused-ring (bicyclic) bond motifs is 1. The molecule has 1 unspecified atom stereocenters. The van der Waals surface area contributed by atoms with E-state index < -0.39 is 0 Å². The van der Waals surface area contributed by atoms with Crippen molar-refractivity contribution in [3.63, 3.8) is 0 Å².